The molecule has 4 heterocycles. The standard InChI is InChI=1S/C20H17N7S/c1-26-12-15(10-23-26)13-2-5-19-24-25-20(27(19)7-6-13)28-17-3-4-18-14(9-17)8-16(21)11-22-18/h2-6,8-12H,7,21H2,1H3. The molecule has 2 N–H and O–H groups in total. The number of aromatic nitrogens is 6. The molecule has 0 radical (unpaired) electrons. The van der Waals surface area contributed by atoms with Crippen LogP contribution in [0.2, 0.25) is 0 Å². The van der Waals surface area contributed by atoms with Gasteiger partial charge in [0.15, 0.2) is 11.0 Å². The number of nitrogens with two attached hydrogens (primary N) is 1. The van der Waals surface area contributed by atoms with Gasteiger partial charge in [-0.3, -0.25) is 14.2 Å². The van der Waals surface area contributed by atoms with Crippen molar-refractivity contribution in [1.82, 2.24) is 29.5 Å². The molecule has 0 fully saturated rings. The molecule has 8 heteroatoms. The summed E-state index contributed by atoms with van der Waals surface area (Å²) in [5.41, 5.74) is 9.66. The predicted molar refractivity (Wildman–Crippen MR) is 111 cm³/mol. The molecule has 1 aromatic carbocycles. The van der Waals surface area contributed by atoms with E-state index in [-0.39, 0.29) is 0 Å². The summed E-state index contributed by atoms with van der Waals surface area (Å²) in [6, 6.07) is 8.05. The second-order valence-electron chi connectivity index (χ2n) is 6.57. The third-order valence-corrected chi connectivity index (χ3v) is 5.55. The van der Waals surface area contributed by atoms with Gasteiger partial charge in [0, 0.05) is 35.6 Å². The Morgan fingerprint density at radius 1 is 1.11 bits per heavy atom. The highest BCUT2D eigenvalue weighted by Crippen LogP contribution is 2.31. The predicted octanol–water partition coefficient (Wildman–Crippen LogP) is 3.40. The van der Waals surface area contributed by atoms with Gasteiger partial charge in [0.2, 0.25) is 0 Å². The van der Waals surface area contributed by atoms with Crippen LogP contribution in [0.4, 0.5) is 5.69 Å². The van der Waals surface area contributed by atoms with Crippen LogP contribution < -0.4 is 5.73 Å². The molecule has 28 heavy (non-hydrogen) atoms. The highest BCUT2D eigenvalue weighted by Gasteiger charge is 2.14. The molecule has 7 nitrogen and oxygen atoms in total. The quantitative estimate of drug-likeness (QED) is 0.580. The summed E-state index contributed by atoms with van der Waals surface area (Å²) in [5.74, 6) is 0.837. The van der Waals surface area contributed by atoms with E-state index in [9.17, 15) is 0 Å². The zero-order valence-corrected chi connectivity index (χ0v) is 16.0. The number of nitrogen functional groups attached to an aromatic ring is 1. The molecule has 0 bridgehead atoms. The second kappa shape index (κ2) is 6.65. The molecular weight excluding hydrogens is 370 g/mol. The first-order valence-electron chi connectivity index (χ1n) is 8.79. The minimum Gasteiger partial charge on any atom is -0.397 e. The largest absolute Gasteiger partial charge is 0.397 e. The Labute approximate surface area is 165 Å². The molecule has 0 unspecified atom stereocenters. The summed E-state index contributed by atoms with van der Waals surface area (Å²) in [5, 5.41) is 14.8. The maximum atomic E-state index is 5.87. The van der Waals surface area contributed by atoms with Gasteiger partial charge in [-0.05, 0) is 47.7 Å². The Bertz CT molecular complexity index is 1250. The van der Waals surface area contributed by atoms with Crippen LogP contribution >= 0.6 is 11.8 Å². The van der Waals surface area contributed by atoms with Crippen molar-refractivity contribution in [3.63, 3.8) is 0 Å². The molecule has 1 aliphatic rings. The van der Waals surface area contributed by atoms with Gasteiger partial charge in [-0.1, -0.05) is 12.2 Å². The lowest BCUT2D eigenvalue weighted by Crippen LogP contribution is -1.99. The molecule has 0 amide bonds. The molecular formula is C20H17N7S. The van der Waals surface area contributed by atoms with Crippen molar-refractivity contribution in [1.29, 1.82) is 0 Å². The Balaban J connectivity index is 1.45. The lowest BCUT2D eigenvalue weighted by atomic mass is 10.1. The number of fused-ring (bicyclic) bond motifs is 2. The maximum absolute atomic E-state index is 5.87. The van der Waals surface area contributed by atoms with E-state index >= 15 is 0 Å². The number of anilines is 1. The summed E-state index contributed by atoms with van der Waals surface area (Å²) in [6.07, 6.45) is 11.8. The number of aryl methyl sites for hydroxylation is 1. The first kappa shape index (κ1) is 16.8. The first-order chi connectivity index (χ1) is 13.7. The number of nitrogens with zero attached hydrogens (tertiary/aromatic N) is 6. The van der Waals surface area contributed by atoms with Crippen molar-refractivity contribution >= 4 is 40.0 Å². The van der Waals surface area contributed by atoms with Crippen LogP contribution in [0.25, 0.3) is 22.6 Å². The lowest BCUT2D eigenvalue weighted by molar-refractivity contribution is 0.720. The highest BCUT2D eigenvalue weighted by atomic mass is 32.2. The third kappa shape index (κ3) is 3.07. The zero-order chi connectivity index (χ0) is 19.1. The summed E-state index contributed by atoms with van der Waals surface area (Å²) in [7, 11) is 1.92. The van der Waals surface area contributed by atoms with Gasteiger partial charge in [0.05, 0.1) is 23.6 Å². The van der Waals surface area contributed by atoms with Crippen molar-refractivity contribution in [2.45, 2.75) is 16.6 Å². The zero-order valence-electron chi connectivity index (χ0n) is 15.1. The van der Waals surface area contributed by atoms with E-state index in [0.29, 0.717) is 12.2 Å². The maximum Gasteiger partial charge on any atom is 0.196 e. The van der Waals surface area contributed by atoms with Crippen LogP contribution in [-0.2, 0) is 13.6 Å². The summed E-state index contributed by atoms with van der Waals surface area (Å²) < 4.78 is 3.91. The number of allylic oxidation sites excluding steroid dienone is 3. The van der Waals surface area contributed by atoms with E-state index in [4.69, 9.17) is 5.73 Å². The molecule has 0 atom stereocenters. The lowest BCUT2D eigenvalue weighted by Gasteiger charge is -2.06. The molecule has 3 aromatic heterocycles. The van der Waals surface area contributed by atoms with Gasteiger partial charge < -0.3 is 5.73 Å². The topological polar surface area (TPSA) is 87.4 Å². The number of pyridine rings is 1. The van der Waals surface area contributed by atoms with Crippen molar-refractivity contribution in [2.75, 3.05) is 5.73 Å². The van der Waals surface area contributed by atoms with Gasteiger partial charge in [-0.2, -0.15) is 5.10 Å². The van der Waals surface area contributed by atoms with E-state index in [1.165, 1.54) is 0 Å². The van der Waals surface area contributed by atoms with E-state index < -0.39 is 0 Å². The number of rotatable bonds is 3. The van der Waals surface area contributed by atoms with Gasteiger partial charge in [0.1, 0.15) is 0 Å². The number of hydrogen-bond acceptors (Lipinski definition) is 6. The van der Waals surface area contributed by atoms with Crippen LogP contribution in [0.3, 0.4) is 0 Å². The van der Waals surface area contributed by atoms with Crippen molar-refractivity contribution in [3.05, 3.63) is 66.4 Å². The smallest absolute Gasteiger partial charge is 0.196 e. The molecule has 0 saturated heterocycles. The summed E-state index contributed by atoms with van der Waals surface area (Å²) >= 11 is 1.58. The van der Waals surface area contributed by atoms with Crippen LogP contribution in [-0.4, -0.2) is 29.5 Å². The Kier molecular flexibility index (Phi) is 3.98. The average Bonchev–Trinajstić information content (AvgIpc) is 3.21. The fourth-order valence-electron chi connectivity index (χ4n) is 3.17. The van der Waals surface area contributed by atoms with Gasteiger partial charge in [-0.15, -0.1) is 10.2 Å². The monoisotopic (exact) mass is 387 g/mol. The first-order valence-corrected chi connectivity index (χ1v) is 9.61. The van der Waals surface area contributed by atoms with E-state index in [0.717, 1.165) is 37.9 Å². The van der Waals surface area contributed by atoms with Crippen LogP contribution in [0.1, 0.15) is 11.4 Å². The Morgan fingerprint density at radius 3 is 2.89 bits per heavy atom. The average molecular weight is 387 g/mol. The molecule has 0 aliphatic carbocycles. The van der Waals surface area contributed by atoms with Crippen molar-refractivity contribution in [2.24, 2.45) is 7.05 Å². The molecule has 0 saturated carbocycles. The number of benzene rings is 1. The SMILES string of the molecule is Cn1cc(C2=CCn3c(nnc3Sc3ccc4ncc(N)cc4c3)C=C2)cn1. The summed E-state index contributed by atoms with van der Waals surface area (Å²) in [6.45, 7) is 0.698. The molecule has 1 aliphatic heterocycles. The number of hydrogen-bond donors (Lipinski definition) is 1. The van der Waals surface area contributed by atoms with Crippen molar-refractivity contribution < 1.29 is 0 Å². The van der Waals surface area contributed by atoms with Gasteiger partial charge >= 0.3 is 0 Å². The molecule has 4 aromatic rings. The Hall–Kier alpha value is -3.39. The molecule has 138 valence electrons. The minimum atomic E-state index is 0.657. The highest BCUT2D eigenvalue weighted by molar-refractivity contribution is 7.99. The van der Waals surface area contributed by atoms with E-state index in [2.05, 4.69) is 43.1 Å². The van der Waals surface area contributed by atoms with Gasteiger partial charge in [0.25, 0.3) is 0 Å². The molecule has 0 spiro atoms. The normalized spacial score (nSPS) is 13.4. The van der Waals surface area contributed by atoms with Crippen LogP contribution in [0.15, 0.2) is 65.1 Å². The van der Waals surface area contributed by atoms with Crippen LogP contribution in [0, 0.1) is 0 Å². The third-order valence-electron chi connectivity index (χ3n) is 4.57. The van der Waals surface area contributed by atoms with Gasteiger partial charge in [-0.25, -0.2) is 0 Å². The second-order valence-corrected chi connectivity index (χ2v) is 7.61. The summed E-state index contributed by atoms with van der Waals surface area (Å²) in [4.78, 5) is 5.42. The minimum absolute atomic E-state index is 0.657. The van der Waals surface area contributed by atoms with E-state index in [1.54, 1.807) is 22.6 Å². The Morgan fingerprint density at radius 2 is 2.04 bits per heavy atom. The van der Waals surface area contributed by atoms with E-state index in [1.807, 2.05) is 43.7 Å². The fourth-order valence-corrected chi connectivity index (χ4v) is 4.07. The molecule has 5 rings (SSSR count). The van der Waals surface area contributed by atoms with Crippen molar-refractivity contribution in [3.8, 4) is 0 Å². The van der Waals surface area contributed by atoms with Crippen LogP contribution in [0.5, 0.6) is 0 Å². The fraction of sp³-hybridized carbons (Fsp3) is 0.100.